The van der Waals surface area contributed by atoms with E-state index in [-0.39, 0.29) is 16.8 Å². The highest BCUT2D eigenvalue weighted by atomic mass is 16.6. The van der Waals surface area contributed by atoms with Crippen LogP contribution in [0.2, 0.25) is 0 Å². The van der Waals surface area contributed by atoms with E-state index in [0.29, 0.717) is 5.69 Å². The van der Waals surface area contributed by atoms with Gasteiger partial charge in [-0.3, -0.25) is 10.1 Å². The molecule has 0 radical (unpaired) electrons. The standard InChI is InChI=1S/C13H12N2O2.CO2/c1-10-7-8-12(13(9-10)15(16)17)14-11-5-3-2-4-6-11;2-1-3/h2-9,14H,1H3;. The highest BCUT2D eigenvalue weighted by molar-refractivity contribution is 5.69. The fourth-order valence-electron chi connectivity index (χ4n) is 1.58. The normalized spacial score (nSPS) is 8.85. The molecule has 0 heterocycles. The van der Waals surface area contributed by atoms with Crippen LogP contribution in [0.3, 0.4) is 0 Å². The molecule has 102 valence electrons. The average Bonchev–Trinajstić information content (AvgIpc) is 2.43. The molecule has 6 nitrogen and oxygen atoms in total. The number of para-hydroxylation sites is 1. The SMILES string of the molecule is Cc1ccc(Nc2ccccc2)c([N+](=O)[O-])c1.O=C=O. The van der Waals surface area contributed by atoms with Crippen molar-refractivity contribution in [1.29, 1.82) is 0 Å². The van der Waals surface area contributed by atoms with Crippen molar-refractivity contribution in [2.45, 2.75) is 6.92 Å². The molecular formula is C14H12N2O4. The summed E-state index contributed by atoms with van der Waals surface area (Å²) in [6.45, 7) is 1.83. The molecule has 0 aliphatic carbocycles. The number of hydrogen-bond acceptors (Lipinski definition) is 5. The van der Waals surface area contributed by atoms with Crippen molar-refractivity contribution in [2.24, 2.45) is 0 Å². The summed E-state index contributed by atoms with van der Waals surface area (Å²) in [5, 5.41) is 14.0. The van der Waals surface area contributed by atoms with E-state index >= 15 is 0 Å². The van der Waals surface area contributed by atoms with Gasteiger partial charge in [0.05, 0.1) is 4.92 Å². The first kappa shape index (κ1) is 15.1. The van der Waals surface area contributed by atoms with Gasteiger partial charge in [0, 0.05) is 11.8 Å². The van der Waals surface area contributed by atoms with Crippen LogP contribution in [0.15, 0.2) is 48.5 Å². The lowest BCUT2D eigenvalue weighted by atomic mass is 10.2. The van der Waals surface area contributed by atoms with Crippen LogP contribution in [-0.2, 0) is 9.59 Å². The van der Waals surface area contributed by atoms with Gasteiger partial charge in [-0.15, -0.1) is 0 Å². The summed E-state index contributed by atoms with van der Waals surface area (Å²) in [7, 11) is 0. The second-order valence-electron chi connectivity index (χ2n) is 3.85. The first-order chi connectivity index (χ1) is 9.58. The van der Waals surface area contributed by atoms with Crippen molar-refractivity contribution in [3.63, 3.8) is 0 Å². The van der Waals surface area contributed by atoms with E-state index in [1.54, 1.807) is 12.1 Å². The third-order valence-electron chi connectivity index (χ3n) is 2.40. The highest BCUT2D eigenvalue weighted by Gasteiger charge is 2.13. The number of nitro groups is 1. The molecule has 0 aliphatic heterocycles. The number of carbonyl (C=O) groups excluding carboxylic acids is 2. The Hall–Kier alpha value is -2.98. The van der Waals surface area contributed by atoms with Crippen molar-refractivity contribution in [3.8, 4) is 0 Å². The summed E-state index contributed by atoms with van der Waals surface area (Å²) < 4.78 is 0. The van der Waals surface area contributed by atoms with Gasteiger partial charge in [0.2, 0.25) is 0 Å². The van der Waals surface area contributed by atoms with Gasteiger partial charge < -0.3 is 5.32 Å². The van der Waals surface area contributed by atoms with Crippen molar-refractivity contribution < 1.29 is 14.5 Å². The van der Waals surface area contributed by atoms with Crippen molar-refractivity contribution in [2.75, 3.05) is 5.32 Å². The largest absolute Gasteiger partial charge is 0.373 e. The van der Waals surface area contributed by atoms with Gasteiger partial charge in [0.1, 0.15) is 5.69 Å². The molecule has 6 heteroatoms. The lowest BCUT2D eigenvalue weighted by Crippen LogP contribution is -1.97. The molecule has 0 saturated carbocycles. The number of nitrogens with zero attached hydrogens (tertiary/aromatic N) is 1. The summed E-state index contributed by atoms with van der Waals surface area (Å²) in [5.74, 6) is 0. The minimum absolute atomic E-state index is 0.0915. The minimum Gasteiger partial charge on any atom is -0.350 e. The Kier molecular flexibility index (Phi) is 5.62. The van der Waals surface area contributed by atoms with E-state index in [1.165, 1.54) is 0 Å². The van der Waals surface area contributed by atoms with Gasteiger partial charge in [0.15, 0.2) is 0 Å². The molecule has 0 bridgehead atoms. The Labute approximate surface area is 115 Å². The predicted octanol–water partition coefficient (Wildman–Crippen LogP) is 3.06. The number of rotatable bonds is 3. The van der Waals surface area contributed by atoms with E-state index in [9.17, 15) is 10.1 Å². The molecule has 2 rings (SSSR count). The fraction of sp³-hybridized carbons (Fsp3) is 0.0714. The fourth-order valence-corrected chi connectivity index (χ4v) is 1.58. The highest BCUT2D eigenvalue weighted by Crippen LogP contribution is 2.28. The molecule has 0 saturated heterocycles. The van der Waals surface area contributed by atoms with Crippen molar-refractivity contribution >= 4 is 23.2 Å². The lowest BCUT2D eigenvalue weighted by molar-refractivity contribution is -0.384. The van der Waals surface area contributed by atoms with Crippen LogP contribution in [0.4, 0.5) is 17.1 Å². The van der Waals surface area contributed by atoms with Crippen LogP contribution < -0.4 is 5.32 Å². The van der Waals surface area contributed by atoms with Crippen molar-refractivity contribution in [1.82, 2.24) is 0 Å². The maximum absolute atomic E-state index is 10.9. The third-order valence-corrected chi connectivity index (χ3v) is 2.40. The molecule has 2 aromatic carbocycles. The van der Waals surface area contributed by atoms with Gasteiger partial charge in [-0.05, 0) is 30.7 Å². The number of anilines is 2. The zero-order chi connectivity index (χ0) is 15.0. The first-order valence-corrected chi connectivity index (χ1v) is 5.65. The van der Waals surface area contributed by atoms with Crippen LogP contribution in [0, 0.1) is 17.0 Å². The topological polar surface area (TPSA) is 89.3 Å². The van der Waals surface area contributed by atoms with E-state index in [2.05, 4.69) is 5.32 Å². The average molecular weight is 272 g/mol. The van der Waals surface area contributed by atoms with E-state index < -0.39 is 0 Å². The quantitative estimate of drug-likeness (QED) is 0.685. The Morgan fingerprint density at radius 1 is 1.10 bits per heavy atom. The Bertz CT molecular complexity index is 620. The van der Waals surface area contributed by atoms with Gasteiger partial charge >= 0.3 is 6.15 Å². The van der Waals surface area contributed by atoms with Crippen molar-refractivity contribution in [3.05, 3.63) is 64.2 Å². The van der Waals surface area contributed by atoms with Crippen LogP contribution in [0.25, 0.3) is 0 Å². The van der Waals surface area contributed by atoms with Gasteiger partial charge in [-0.2, -0.15) is 9.59 Å². The van der Waals surface area contributed by atoms with Gasteiger partial charge in [-0.1, -0.05) is 24.3 Å². The summed E-state index contributed by atoms with van der Waals surface area (Å²) in [5.41, 5.74) is 2.30. The number of hydrogen-bond donors (Lipinski definition) is 1. The number of aryl methyl sites for hydroxylation is 1. The third kappa shape index (κ3) is 4.36. The second kappa shape index (κ2) is 7.45. The Morgan fingerprint density at radius 2 is 1.70 bits per heavy atom. The summed E-state index contributed by atoms with van der Waals surface area (Å²) in [6.07, 6.45) is 0.250. The lowest BCUT2D eigenvalue weighted by Gasteiger charge is -2.07. The summed E-state index contributed by atoms with van der Waals surface area (Å²) in [4.78, 5) is 26.8. The number of nitro benzene ring substituents is 1. The predicted molar refractivity (Wildman–Crippen MR) is 72.6 cm³/mol. The monoisotopic (exact) mass is 272 g/mol. The molecule has 0 amide bonds. The smallest absolute Gasteiger partial charge is 0.350 e. The van der Waals surface area contributed by atoms with Crippen LogP contribution in [-0.4, -0.2) is 11.1 Å². The van der Waals surface area contributed by atoms with E-state index in [1.807, 2.05) is 43.3 Å². The second-order valence-corrected chi connectivity index (χ2v) is 3.85. The maximum atomic E-state index is 10.9. The molecule has 1 N–H and O–H groups in total. The summed E-state index contributed by atoms with van der Waals surface area (Å²) >= 11 is 0. The molecular weight excluding hydrogens is 260 g/mol. The maximum Gasteiger partial charge on any atom is 0.373 e. The molecule has 2 aromatic rings. The molecule has 0 aromatic heterocycles. The van der Waals surface area contributed by atoms with E-state index in [4.69, 9.17) is 9.59 Å². The zero-order valence-corrected chi connectivity index (χ0v) is 10.7. The Morgan fingerprint density at radius 3 is 2.25 bits per heavy atom. The Balaban J connectivity index is 0.000000612. The van der Waals surface area contributed by atoms with E-state index in [0.717, 1.165) is 11.3 Å². The molecule has 0 aliphatic rings. The van der Waals surface area contributed by atoms with Gasteiger partial charge in [0.25, 0.3) is 5.69 Å². The zero-order valence-electron chi connectivity index (χ0n) is 10.7. The minimum atomic E-state index is -0.377. The molecule has 20 heavy (non-hydrogen) atoms. The molecule has 0 fully saturated rings. The molecule has 0 atom stereocenters. The molecule has 0 unspecified atom stereocenters. The van der Waals surface area contributed by atoms with Crippen LogP contribution in [0.5, 0.6) is 0 Å². The number of nitrogens with one attached hydrogen (secondary N) is 1. The molecule has 0 spiro atoms. The summed E-state index contributed by atoms with van der Waals surface area (Å²) in [6, 6.07) is 14.5. The number of benzene rings is 2. The van der Waals surface area contributed by atoms with Gasteiger partial charge in [-0.25, -0.2) is 0 Å². The first-order valence-electron chi connectivity index (χ1n) is 5.65. The van der Waals surface area contributed by atoms with Crippen LogP contribution in [0.1, 0.15) is 5.56 Å². The van der Waals surface area contributed by atoms with Crippen LogP contribution >= 0.6 is 0 Å².